The Morgan fingerprint density at radius 3 is 2.24 bits per heavy atom. The number of anilines is 2. The summed E-state index contributed by atoms with van der Waals surface area (Å²) in [6, 6.07) is 20.0. The summed E-state index contributed by atoms with van der Waals surface area (Å²) in [4.78, 5) is 33.4. The van der Waals surface area contributed by atoms with E-state index in [9.17, 15) is 22.8 Å². The van der Waals surface area contributed by atoms with Gasteiger partial charge in [0.05, 0.1) is 23.0 Å². The average Bonchev–Trinajstić information content (AvgIpc) is 3.30. The van der Waals surface area contributed by atoms with Gasteiger partial charge < -0.3 is 0 Å². The van der Waals surface area contributed by atoms with Gasteiger partial charge in [0.15, 0.2) is 6.10 Å². The predicted molar refractivity (Wildman–Crippen MR) is 118 cm³/mol. The lowest BCUT2D eigenvalue weighted by Gasteiger charge is -2.29. The molecule has 0 unspecified atom stereocenters. The van der Waals surface area contributed by atoms with Gasteiger partial charge in [-0.25, -0.2) is 9.96 Å². The van der Waals surface area contributed by atoms with Crippen LogP contribution in [0.5, 0.6) is 0 Å². The number of para-hydroxylation sites is 2. The van der Waals surface area contributed by atoms with E-state index in [1.54, 1.807) is 42.5 Å². The van der Waals surface area contributed by atoms with E-state index in [2.05, 4.69) is 15.9 Å². The molecule has 0 aromatic heterocycles. The minimum Gasteiger partial charge on any atom is -0.273 e. The minimum atomic E-state index is -4.73. The average molecular weight is 517 g/mol. The van der Waals surface area contributed by atoms with Gasteiger partial charge in [0.25, 0.3) is 5.91 Å². The molecule has 0 spiro atoms. The zero-order valence-corrected chi connectivity index (χ0v) is 18.5. The molecule has 0 radical (unpaired) electrons. The SMILES string of the molecule is O=C1[C@@H]2[C@@H](ON(c3ccccc3)[C@H]2c2cccc(Br)c2)C(=O)N1c1ccccc1C(F)(F)F. The number of carbonyl (C=O) groups is 2. The van der Waals surface area contributed by atoms with Gasteiger partial charge in [-0.05, 0) is 42.0 Å². The lowest BCUT2D eigenvalue weighted by molar-refractivity contribution is -0.137. The van der Waals surface area contributed by atoms with Crippen molar-refractivity contribution in [2.24, 2.45) is 5.92 Å². The first kappa shape index (κ1) is 21.7. The Morgan fingerprint density at radius 1 is 0.848 bits per heavy atom. The van der Waals surface area contributed by atoms with Crippen LogP contribution in [-0.4, -0.2) is 17.9 Å². The Hall–Kier alpha value is -3.17. The number of benzene rings is 3. The first-order valence-corrected chi connectivity index (χ1v) is 10.9. The Bertz CT molecular complexity index is 1230. The molecule has 33 heavy (non-hydrogen) atoms. The maximum absolute atomic E-state index is 13.6. The molecule has 2 fully saturated rings. The maximum atomic E-state index is 13.6. The normalized spacial score (nSPS) is 22.7. The predicted octanol–water partition coefficient (Wildman–Crippen LogP) is 5.52. The summed E-state index contributed by atoms with van der Waals surface area (Å²) < 4.78 is 41.6. The van der Waals surface area contributed by atoms with Crippen LogP contribution in [0.15, 0.2) is 83.3 Å². The van der Waals surface area contributed by atoms with Crippen LogP contribution in [0.1, 0.15) is 17.2 Å². The van der Waals surface area contributed by atoms with Crippen molar-refractivity contribution in [2.45, 2.75) is 18.3 Å². The van der Waals surface area contributed by atoms with Crippen molar-refractivity contribution in [3.8, 4) is 0 Å². The summed E-state index contributed by atoms with van der Waals surface area (Å²) >= 11 is 3.42. The number of halogens is 4. The molecular weight excluding hydrogens is 501 g/mol. The molecule has 3 aromatic rings. The highest BCUT2D eigenvalue weighted by atomic mass is 79.9. The Morgan fingerprint density at radius 2 is 1.55 bits per heavy atom. The Labute approximate surface area is 195 Å². The van der Waals surface area contributed by atoms with Gasteiger partial charge in [-0.2, -0.15) is 13.2 Å². The molecule has 2 saturated heterocycles. The van der Waals surface area contributed by atoms with Crippen LogP contribution in [-0.2, 0) is 20.6 Å². The molecule has 2 aliphatic rings. The van der Waals surface area contributed by atoms with Gasteiger partial charge in [-0.1, -0.05) is 58.4 Å². The summed E-state index contributed by atoms with van der Waals surface area (Å²) in [7, 11) is 0. The molecular formula is C24H16BrF3N2O3. The summed E-state index contributed by atoms with van der Waals surface area (Å²) in [6.45, 7) is 0. The van der Waals surface area contributed by atoms with Crippen LogP contribution in [0.3, 0.4) is 0 Å². The molecule has 2 amide bonds. The Balaban J connectivity index is 1.61. The second kappa shape index (κ2) is 8.00. The largest absolute Gasteiger partial charge is 0.418 e. The van der Waals surface area contributed by atoms with Crippen LogP contribution in [0, 0.1) is 5.92 Å². The number of hydroxylamine groups is 1. The number of amides is 2. The van der Waals surface area contributed by atoms with Crippen molar-refractivity contribution in [1.29, 1.82) is 0 Å². The molecule has 3 aromatic carbocycles. The molecule has 2 aliphatic heterocycles. The monoisotopic (exact) mass is 516 g/mol. The fourth-order valence-electron chi connectivity index (χ4n) is 4.39. The summed E-state index contributed by atoms with van der Waals surface area (Å²) in [5.41, 5.74) is -0.226. The highest BCUT2D eigenvalue weighted by Gasteiger charge is 2.61. The third kappa shape index (κ3) is 3.61. The third-order valence-electron chi connectivity index (χ3n) is 5.77. The van der Waals surface area contributed by atoms with Gasteiger partial charge in [-0.15, -0.1) is 0 Å². The maximum Gasteiger partial charge on any atom is 0.418 e. The minimum absolute atomic E-state index is 0.489. The van der Waals surface area contributed by atoms with Crippen molar-refractivity contribution < 1.29 is 27.6 Å². The van der Waals surface area contributed by atoms with E-state index >= 15 is 0 Å². The van der Waals surface area contributed by atoms with Crippen LogP contribution in [0.2, 0.25) is 0 Å². The van der Waals surface area contributed by atoms with Gasteiger partial charge in [0, 0.05) is 4.47 Å². The molecule has 168 valence electrons. The number of carbonyl (C=O) groups excluding carboxylic acids is 2. The molecule has 0 aliphatic carbocycles. The zero-order chi connectivity index (χ0) is 23.3. The van der Waals surface area contributed by atoms with Crippen LogP contribution < -0.4 is 9.96 Å². The van der Waals surface area contributed by atoms with Gasteiger partial charge >= 0.3 is 6.18 Å². The number of alkyl halides is 3. The van der Waals surface area contributed by atoms with Gasteiger partial charge in [0.1, 0.15) is 5.92 Å². The van der Waals surface area contributed by atoms with Crippen LogP contribution in [0.4, 0.5) is 24.5 Å². The van der Waals surface area contributed by atoms with E-state index in [0.717, 1.165) is 16.6 Å². The number of hydrogen-bond acceptors (Lipinski definition) is 4. The second-order valence-corrected chi connectivity index (χ2v) is 8.66. The second-order valence-electron chi connectivity index (χ2n) is 7.74. The lowest BCUT2D eigenvalue weighted by atomic mass is 9.90. The van der Waals surface area contributed by atoms with E-state index < -0.39 is 47.3 Å². The van der Waals surface area contributed by atoms with Crippen molar-refractivity contribution in [1.82, 2.24) is 0 Å². The summed E-state index contributed by atoms with van der Waals surface area (Å²) in [5.74, 6) is -2.57. The van der Waals surface area contributed by atoms with Crippen LogP contribution in [0.25, 0.3) is 0 Å². The zero-order valence-electron chi connectivity index (χ0n) is 16.9. The number of imide groups is 1. The molecule has 0 bridgehead atoms. The highest BCUT2D eigenvalue weighted by molar-refractivity contribution is 9.10. The molecule has 9 heteroatoms. The highest BCUT2D eigenvalue weighted by Crippen LogP contribution is 2.49. The standard InChI is InChI=1S/C24H16BrF3N2O3/c25-15-8-6-7-14(13-15)20-19-21(33-30(20)16-9-2-1-3-10-16)23(32)29(22(19)31)18-12-5-4-11-17(18)24(26,27)28/h1-13,19-21H/t19-,20-,21+/m0/s1. The smallest absolute Gasteiger partial charge is 0.273 e. The third-order valence-corrected chi connectivity index (χ3v) is 6.26. The van der Waals surface area contributed by atoms with E-state index in [1.807, 2.05) is 12.1 Å². The topological polar surface area (TPSA) is 49.9 Å². The lowest BCUT2D eigenvalue weighted by Crippen LogP contribution is -2.38. The van der Waals surface area contributed by atoms with E-state index in [1.165, 1.54) is 17.2 Å². The molecule has 0 N–H and O–H groups in total. The Kier molecular flexibility index (Phi) is 5.25. The fraction of sp³-hybridized carbons (Fsp3) is 0.167. The quantitative estimate of drug-likeness (QED) is 0.430. The van der Waals surface area contributed by atoms with Crippen LogP contribution >= 0.6 is 15.9 Å². The summed E-state index contributed by atoms with van der Waals surface area (Å²) in [6.07, 6.45) is -5.97. The number of nitrogens with zero attached hydrogens (tertiary/aromatic N) is 2. The van der Waals surface area contributed by atoms with E-state index in [0.29, 0.717) is 16.2 Å². The first-order valence-electron chi connectivity index (χ1n) is 10.1. The van der Waals surface area contributed by atoms with Crippen molar-refractivity contribution >= 4 is 39.1 Å². The van der Waals surface area contributed by atoms with Crippen molar-refractivity contribution in [3.05, 3.63) is 94.5 Å². The van der Waals surface area contributed by atoms with Gasteiger partial charge in [0.2, 0.25) is 5.91 Å². The number of fused-ring (bicyclic) bond motifs is 1. The molecule has 5 rings (SSSR count). The number of rotatable bonds is 3. The van der Waals surface area contributed by atoms with Crippen molar-refractivity contribution in [2.75, 3.05) is 9.96 Å². The van der Waals surface area contributed by atoms with E-state index in [4.69, 9.17) is 4.84 Å². The fourth-order valence-corrected chi connectivity index (χ4v) is 4.81. The van der Waals surface area contributed by atoms with Gasteiger partial charge in [-0.3, -0.25) is 14.4 Å². The molecule has 3 atom stereocenters. The summed E-state index contributed by atoms with van der Waals surface area (Å²) in [5, 5.41) is 1.50. The molecule has 5 nitrogen and oxygen atoms in total. The van der Waals surface area contributed by atoms with Crippen molar-refractivity contribution in [3.63, 3.8) is 0 Å². The first-order chi connectivity index (χ1) is 15.8. The van der Waals surface area contributed by atoms with E-state index in [-0.39, 0.29) is 0 Å². The molecule has 2 heterocycles. The number of hydrogen-bond donors (Lipinski definition) is 0. The molecule has 0 saturated carbocycles.